The lowest BCUT2D eigenvalue weighted by atomic mass is 10.0. The minimum Gasteiger partial charge on any atom is -0.330 e. The topological polar surface area (TPSA) is 62.3 Å². The van der Waals surface area contributed by atoms with E-state index in [0.717, 1.165) is 24.0 Å². The minimum atomic E-state index is -0.00703. The molecule has 1 aliphatic heterocycles. The van der Waals surface area contributed by atoms with Gasteiger partial charge in [0, 0.05) is 25.2 Å². The molecule has 29 heavy (non-hydrogen) atoms. The molecule has 152 valence electrons. The van der Waals surface area contributed by atoms with Crippen LogP contribution >= 0.6 is 33.9 Å². The van der Waals surface area contributed by atoms with Gasteiger partial charge < -0.3 is 10.2 Å². The van der Waals surface area contributed by atoms with Crippen molar-refractivity contribution in [2.75, 3.05) is 16.4 Å². The van der Waals surface area contributed by atoms with Gasteiger partial charge in [-0.25, -0.2) is 4.98 Å². The molecule has 0 unspecified atom stereocenters. The average Bonchev–Trinajstić information content (AvgIpc) is 3.27. The van der Waals surface area contributed by atoms with Crippen molar-refractivity contribution in [3.8, 4) is 0 Å². The molecule has 0 radical (unpaired) electrons. The van der Waals surface area contributed by atoms with Crippen molar-refractivity contribution in [2.45, 2.75) is 32.6 Å². The van der Waals surface area contributed by atoms with Crippen LogP contribution in [0.25, 0.3) is 11.6 Å². The van der Waals surface area contributed by atoms with Gasteiger partial charge in [0.2, 0.25) is 11.8 Å². The van der Waals surface area contributed by atoms with Crippen molar-refractivity contribution < 1.29 is 9.59 Å². The van der Waals surface area contributed by atoms with Crippen molar-refractivity contribution >= 4 is 63.2 Å². The molecule has 0 bridgehead atoms. The Morgan fingerprint density at radius 1 is 1.41 bits per heavy atom. The van der Waals surface area contributed by atoms with Gasteiger partial charge in [0.05, 0.1) is 4.55 Å². The van der Waals surface area contributed by atoms with E-state index < -0.39 is 0 Å². The van der Waals surface area contributed by atoms with Gasteiger partial charge in [0.15, 0.2) is 0 Å². The molecule has 5 nitrogen and oxygen atoms in total. The number of thiophene rings is 1. The van der Waals surface area contributed by atoms with Gasteiger partial charge in [0.1, 0.15) is 5.82 Å². The molecular formula is C22H24IN3O2S. The lowest BCUT2D eigenvalue weighted by Gasteiger charge is -2.18. The normalized spacial score (nSPS) is 14.0. The Labute approximate surface area is 189 Å². The summed E-state index contributed by atoms with van der Waals surface area (Å²) in [7, 11) is 0. The van der Waals surface area contributed by atoms with Crippen LogP contribution in [0.3, 0.4) is 0 Å². The Bertz CT molecular complexity index is 922. The number of fused-ring (bicyclic) bond motifs is 1. The first-order chi connectivity index (χ1) is 14.1. The van der Waals surface area contributed by atoms with E-state index in [1.807, 2.05) is 11.0 Å². The molecule has 1 N–H and O–H groups in total. The summed E-state index contributed by atoms with van der Waals surface area (Å²) >= 11 is 3.93. The molecular weight excluding hydrogens is 497 g/mol. The zero-order valence-electron chi connectivity index (χ0n) is 16.4. The van der Waals surface area contributed by atoms with Crippen molar-refractivity contribution in [1.82, 2.24) is 9.88 Å². The zero-order valence-corrected chi connectivity index (χ0v) is 19.3. The number of pyridine rings is 1. The summed E-state index contributed by atoms with van der Waals surface area (Å²) in [6.07, 6.45) is 10.3. The Morgan fingerprint density at radius 3 is 3.00 bits per heavy atom. The third-order valence-corrected chi connectivity index (χ3v) is 6.31. The van der Waals surface area contributed by atoms with Gasteiger partial charge in [-0.3, -0.25) is 9.59 Å². The summed E-state index contributed by atoms with van der Waals surface area (Å²) in [6.45, 7) is 2.85. The van der Waals surface area contributed by atoms with E-state index in [9.17, 15) is 9.59 Å². The van der Waals surface area contributed by atoms with Crippen LogP contribution in [0.1, 0.15) is 42.9 Å². The second-order valence-electron chi connectivity index (χ2n) is 6.76. The van der Waals surface area contributed by atoms with Crippen molar-refractivity contribution in [2.24, 2.45) is 0 Å². The van der Waals surface area contributed by atoms with Crippen molar-refractivity contribution in [3.05, 3.63) is 57.9 Å². The molecule has 0 aromatic carbocycles. The molecule has 0 spiro atoms. The predicted molar refractivity (Wildman–Crippen MR) is 128 cm³/mol. The Kier molecular flexibility index (Phi) is 8.00. The number of carbonyl (C=O) groups is 2. The van der Waals surface area contributed by atoms with E-state index >= 15 is 0 Å². The molecule has 3 heterocycles. The lowest BCUT2D eigenvalue weighted by molar-refractivity contribution is -0.124. The highest BCUT2D eigenvalue weighted by Crippen LogP contribution is 2.22. The highest BCUT2D eigenvalue weighted by molar-refractivity contribution is 14.1. The van der Waals surface area contributed by atoms with E-state index in [4.69, 9.17) is 0 Å². The van der Waals surface area contributed by atoms with Crippen LogP contribution in [0, 0.1) is 0 Å². The van der Waals surface area contributed by atoms with Crippen LogP contribution in [-0.2, 0) is 16.0 Å². The monoisotopic (exact) mass is 521 g/mol. The molecule has 0 atom stereocenters. The van der Waals surface area contributed by atoms with Crippen LogP contribution in [0.2, 0.25) is 0 Å². The number of amides is 2. The van der Waals surface area contributed by atoms with E-state index in [0.29, 0.717) is 29.8 Å². The molecule has 0 saturated heterocycles. The summed E-state index contributed by atoms with van der Waals surface area (Å²) in [5.41, 5.74) is 4.48. The Balaban J connectivity index is 1.59. The summed E-state index contributed by atoms with van der Waals surface area (Å²) in [5, 5.41) is 7.03. The third kappa shape index (κ3) is 5.99. The predicted octanol–water partition coefficient (Wildman–Crippen LogP) is 5.15. The highest BCUT2D eigenvalue weighted by atomic mass is 127. The summed E-state index contributed by atoms with van der Waals surface area (Å²) in [5.74, 6) is 0.621. The van der Waals surface area contributed by atoms with Gasteiger partial charge in [-0.1, -0.05) is 35.6 Å². The first-order valence-electron chi connectivity index (χ1n) is 9.64. The van der Waals surface area contributed by atoms with E-state index in [1.54, 1.807) is 29.7 Å². The van der Waals surface area contributed by atoms with Gasteiger partial charge in [0.25, 0.3) is 0 Å². The van der Waals surface area contributed by atoms with Crippen LogP contribution in [0.4, 0.5) is 5.82 Å². The SMILES string of the molecule is CC/C(=C\CCN(CI)C(=O)/C=C/c1cnc2c(c1)CCC(=O)N2)c1ccsc1. The molecule has 1 aliphatic rings. The maximum atomic E-state index is 12.6. The maximum Gasteiger partial charge on any atom is 0.247 e. The van der Waals surface area contributed by atoms with Gasteiger partial charge in [-0.15, -0.1) is 0 Å². The van der Waals surface area contributed by atoms with Crippen molar-refractivity contribution in [3.63, 3.8) is 0 Å². The fourth-order valence-electron chi connectivity index (χ4n) is 3.18. The number of anilines is 1. The molecule has 3 rings (SSSR count). The number of nitrogens with zero attached hydrogens (tertiary/aromatic N) is 2. The number of halogens is 1. The summed E-state index contributed by atoms with van der Waals surface area (Å²) < 4.78 is 0.642. The van der Waals surface area contributed by atoms with Gasteiger partial charge in [-0.05, 0) is 70.5 Å². The second-order valence-corrected chi connectivity index (χ2v) is 8.23. The number of alkyl halides is 1. The summed E-state index contributed by atoms with van der Waals surface area (Å²) in [4.78, 5) is 30.2. The average molecular weight is 521 g/mol. The van der Waals surface area contributed by atoms with Crippen molar-refractivity contribution in [1.29, 1.82) is 0 Å². The fourth-order valence-corrected chi connectivity index (χ4v) is 4.53. The quantitative estimate of drug-likeness (QED) is 0.226. The Morgan fingerprint density at radius 2 is 2.28 bits per heavy atom. The molecule has 0 aliphatic carbocycles. The standard InChI is InChI=1S/C22H24IN3O2S/c1-2-17(19-9-11-29-14-19)4-3-10-26(15-23)21(28)8-5-16-12-18-6-7-20(27)25-22(18)24-13-16/h4-5,8-9,11-14H,2-3,6-7,10,15H2,1H3,(H,24,25,27)/b8-5+,17-4+. The van der Waals surface area contributed by atoms with E-state index in [2.05, 4.69) is 62.7 Å². The molecule has 2 amide bonds. The Hall–Kier alpha value is -2.00. The van der Waals surface area contributed by atoms with E-state index in [-0.39, 0.29) is 11.8 Å². The van der Waals surface area contributed by atoms with Crippen LogP contribution < -0.4 is 5.32 Å². The zero-order chi connectivity index (χ0) is 20.6. The van der Waals surface area contributed by atoms with Crippen LogP contribution in [0.5, 0.6) is 0 Å². The van der Waals surface area contributed by atoms with Gasteiger partial charge in [-0.2, -0.15) is 11.3 Å². The number of hydrogen-bond donors (Lipinski definition) is 1. The number of allylic oxidation sites excluding steroid dienone is 1. The van der Waals surface area contributed by atoms with Crippen LogP contribution in [0.15, 0.2) is 41.2 Å². The smallest absolute Gasteiger partial charge is 0.247 e. The third-order valence-electron chi connectivity index (χ3n) is 4.80. The number of rotatable bonds is 8. The molecule has 2 aromatic rings. The molecule has 0 fully saturated rings. The number of hydrogen-bond acceptors (Lipinski definition) is 4. The highest BCUT2D eigenvalue weighted by Gasteiger charge is 2.15. The maximum absolute atomic E-state index is 12.6. The molecule has 0 saturated carbocycles. The number of aryl methyl sites for hydroxylation is 1. The van der Waals surface area contributed by atoms with E-state index in [1.165, 1.54) is 11.1 Å². The molecule has 7 heteroatoms. The number of carbonyl (C=O) groups excluding carboxylic acids is 2. The first kappa shape index (κ1) is 21.7. The number of aromatic nitrogens is 1. The molecule has 2 aromatic heterocycles. The summed E-state index contributed by atoms with van der Waals surface area (Å²) in [6, 6.07) is 4.12. The van der Waals surface area contributed by atoms with Crippen LogP contribution in [-0.4, -0.2) is 32.8 Å². The largest absolute Gasteiger partial charge is 0.330 e. The first-order valence-corrected chi connectivity index (χ1v) is 12.1. The minimum absolute atomic E-state index is 0.000404. The number of nitrogens with one attached hydrogen (secondary N) is 1. The second kappa shape index (κ2) is 10.7. The fraction of sp³-hybridized carbons (Fsp3) is 0.318. The van der Waals surface area contributed by atoms with Gasteiger partial charge >= 0.3 is 0 Å². The lowest BCUT2D eigenvalue weighted by Crippen LogP contribution is -2.28.